The normalized spacial score (nSPS) is 17.7. The molecule has 0 spiro atoms. The number of ether oxygens (including phenoxy) is 3. The van der Waals surface area contributed by atoms with E-state index in [1.807, 2.05) is 0 Å². The molecule has 0 unspecified atom stereocenters. The van der Waals surface area contributed by atoms with Crippen molar-refractivity contribution in [2.45, 2.75) is 12.8 Å². The van der Waals surface area contributed by atoms with E-state index in [1.165, 1.54) is 4.57 Å². The summed E-state index contributed by atoms with van der Waals surface area (Å²) in [5.74, 6) is 0.960. The first-order valence-electron chi connectivity index (χ1n) is 7.69. The Bertz CT molecular complexity index is 1030. The van der Waals surface area contributed by atoms with Crippen molar-refractivity contribution in [2.75, 3.05) is 6.79 Å². The van der Waals surface area contributed by atoms with Crippen LogP contribution in [0.2, 0.25) is 0 Å². The van der Waals surface area contributed by atoms with Gasteiger partial charge in [0.2, 0.25) is 12.7 Å². The fourth-order valence-electron chi connectivity index (χ4n) is 3.17. The molecule has 126 valence electrons. The molecule has 7 heteroatoms. The summed E-state index contributed by atoms with van der Waals surface area (Å²) in [4.78, 5) is 12.9. The number of fused-ring (bicyclic) bond motifs is 2. The number of nitrogens with zero attached hydrogens (tertiary/aromatic N) is 2. The van der Waals surface area contributed by atoms with Crippen molar-refractivity contribution in [3.8, 4) is 23.3 Å². The van der Waals surface area contributed by atoms with Gasteiger partial charge in [0.05, 0.1) is 11.5 Å². The maximum Gasteiger partial charge on any atom is 0.258 e. The number of rotatable bonds is 1. The van der Waals surface area contributed by atoms with Crippen LogP contribution >= 0.6 is 0 Å². The van der Waals surface area contributed by atoms with Crippen LogP contribution in [-0.2, 0) is 7.05 Å². The number of aromatic nitrogens is 1. The first kappa shape index (κ1) is 15.1. The second-order valence-corrected chi connectivity index (χ2v) is 5.97. The summed E-state index contributed by atoms with van der Waals surface area (Å²) in [5.41, 5.74) is 7.77. The molecule has 1 aromatic heterocycles. The first-order chi connectivity index (χ1) is 12.0. The zero-order valence-electron chi connectivity index (χ0n) is 13.7. The molecule has 0 bridgehead atoms. The highest BCUT2D eigenvalue weighted by Crippen LogP contribution is 2.43. The molecule has 4 rings (SSSR count). The molecule has 25 heavy (non-hydrogen) atoms. The molecule has 2 aliphatic rings. The lowest BCUT2D eigenvalue weighted by molar-refractivity contribution is 0.174. The van der Waals surface area contributed by atoms with Gasteiger partial charge in [-0.25, -0.2) is 0 Å². The molecule has 2 aromatic rings. The molecule has 3 heterocycles. The molecule has 0 aliphatic carbocycles. The van der Waals surface area contributed by atoms with Crippen molar-refractivity contribution in [3.05, 3.63) is 62.9 Å². The lowest BCUT2D eigenvalue weighted by Crippen LogP contribution is -2.31. The number of allylic oxidation sites excluding steroid dienone is 1. The molecule has 0 saturated carbocycles. The van der Waals surface area contributed by atoms with Gasteiger partial charge < -0.3 is 24.5 Å². The number of hydrogen-bond donors (Lipinski definition) is 1. The summed E-state index contributed by atoms with van der Waals surface area (Å²) < 4.78 is 17.8. The van der Waals surface area contributed by atoms with Crippen LogP contribution in [-0.4, -0.2) is 11.4 Å². The van der Waals surface area contributed by atoms with E-state index in [9.17, 15) is 10.1 Å². The molecule has 0 radical (unpaired) electrons. The van der Waals surface area contributed by atoms with E-state index in [0.717, 1.165) is 5.69 Å². The van der Waals surface area contributed by atoms with Crippen molar-refractivity contribution in [1.29, 1.82) is 5.26 Å². The van der Waals surface area contributed by atoms with E-state index in [0.29, 0.717) is 28.4 Å². The van der Waals surface area contributed by atoms with Gasteiger partial charge in [0.25, 0.3) is 5.56 Å². The second-order valence-electron chi connectivity index (χ2n) is 5.97. The van der Waals surface area contributed by atoms with E-state index in [2.05, 4.69) is 6.07 Å². The van der Waals surface area contributed by atoms with Gasteiger partial charge >= 0.3 is 0 Å². The van der Waals surface area contributed by atoms with Crippen molar-refractivity contribution in [2.24, 2.45) is 12.8 Å². The van der Waals surface area contributed by atoms with Crippen LogP contribution in [0.25, 0.3) is 0 Å². The molecular weight excluding hydrogens is 322 g/mol. The molecule has 7 nitrogen and oxygen atoms in total. The van der Waals surface area contributed by atoms with Gasteiger partial charge in [0, 0.05) is 18.8 Å². The lowest BCUT2D eigenvalue weighted by Gasteiger charge is -2.26. The molecule has 0 fully saturated rings. The van der Waals surface area contributed by atoms with Crippen LogP contribution in [0.15, 0.2) is 40.5 Å². The van der Waals surface area contributed by atoms with Gasteiger partial charge in [-0.15, -0.1) is 0 Å². The zero-order valence-corrected chi connectivity index (χ0v) is 13.7. The Balaban J connectivity index is 1.99. The third-order valence-corrected chi connectivity index (χ3v) is 4.58. The fraction of sp³-hybridized carbons (Fsp3) is 0.222. The molecule has 2 N–H and O–H groups in total. The minimum atomic E-state index is -0.623. The third kappa shape index (κ3) is 2.15. The van der Waals surface area contributed by atoms with Crippen LogP contribution in [0.3, 0.4) is 0 Å². The molecule has 1 atom stereocenters. The average Bonchev–Trinajstić information content (AvgIpc) is 3.06. The van der Waals surface area contributed by atoms with Gasteiger partial charge in [0.15, 0.2) is 11.5 Å². The SMILES string of the molecule is Cc1cc2c(c(=O)n1C)[C@H](c1ccc3c(c1)OCO3)C(C#N)=C(N)O2. The maximum atomic E-state index is 12.9. The smallest absolute Gasteiger partial charge is 0.258 e. The minimum absolute atomic E-state index is 0.00493. The molecule has 2 aliphatic heterocycles. The van der Waals surface area contributed by atoms with Crippen LogP contribution in [0, 0.1) is 18.3 Å². The fourth-order valence-corrected chi connectivity index (χ4v) is 3.17. The number of benzene rings is 1. The van der Waals surface area contributed by atoms with Gasteiger partial charge in [-0.2, -0.15) is 5.26 Å². The Kier molecular flexibility index (Phi) is 3.22. The van der Waals surface area contributed by atoms with Crippen LogP contribution in [0.4, 0.5) is 0 Å². The average molecular weight is 337 g/mol. The van der Waals surface area contributed by atoms with Crippen molar-refractivity contribution in [3.63, 3.8) is 0 Å². The number of nitrogens with two attached hydrogens (primary N) is 1. The Morgan fingerprint density at radius 2 is 2.00 bits per heavy atom. The van der Waals surface area contributed by atoms with Gasteiger partial charge in [0.1, 0.15) is 17.4 Å². The van der Waals surface area contributed by atoms with Gasteiger partial charge in [-0.3, -0.25) is 4.79 Å². The quantitative estimate of drug-likeness (QED) is 0.849. The van der Waals surface area contributed by atoms with Crippen molar-refractivity contribution in [1.82, 2.24) is 4.57 Å². The molecule has 1 aromatic carbocycles. The lowest BCUT2D eigenvalue weighted by atomic mass is 9.84. The Morgan fingerprint density at radius 3 is 2.76 bits per heavy atom. The van der Waals surface area contributed by atoms with E-state index < -0.39 is 5.92 Å². The van der Waals surface area contributed by atoms with E-state index in [1.54, 1.807) is 38.2 Å². The summed E-state index contributed by atoms with van der Waals surface area (Å²) in [5, 5.41) is 9.59. The summed E-state index contributed by atoms with van der Waals surface area (Å²) in [6.07, 6.45) is 0. The van der Waals surface area contributed by atoms with Crippen molar-refractivity contribution < 1.29 is 14.2 Å². The Labute approximate surface area is 143 Å². The van der Waals surface area contributed by atoms with Gasteiger partial charge in [-0.1, -0.05) is 6.07 Å². The van der Waals surface area contributed by atoms with Crippen LogP contribution < -0.4 is 25.5 Å². The first-order valence-corrected chi connectivity index (χ1v) is 7.69. The maximum absolute atomic E-state index is 12.9. The van der Waals surface area contributed by atoms with Gasteiger partial charge in [-0.05, 0) is 24.6 Å². The topological polar surface area (TPSA) is 99.5 Å². The summed E-state index contributed by atoms with van der Waals surface area (Å²) >= 11 is 0. The number of nitriles is 1. The third-order valence-electron chi connectivity index (χ3n) is 4.58. The summed E-state index contributed by atoms with van der Waals surface area (Å²) in [7, 11) is 1.68. The predicted molar refractivity (Wildman–Crippen MR) is 88.3 cm³/mol. The number of pyridine rings is 1. The van der Waals surface area contributed by atoms with Crippen LogP contribution in [0.5, 0.6) is 17.2 Å². The summed E-state index contributed by atoms with van der Waals surface area (Å²) in [6, 6.07) is 9.16. The highest BCUT2D eigenvalue weighted by Gasteiger charge is 2.34. The Morgan fingerprint density at radius 1 is 1.24 bits per heavy atom. The van der Waals surface area contributed by atoms with E-state index >= 15 is 0 Å². The molecule has 0 amide bonds. The number of hydrogen-bond acceptors (Lipinski definition) is 6. The van der Waals surface area contributed by atoms with Crippen LogP contribution in [0.1, 0.15) is 22.7 Å². The van der Waals surface area contributed by atoms with E-state index in [4.69, 9.17) is 19.9 Å². The largest absolute Gasteiger partial charge is 0.454 e. The minimum Gasteiger partial charge on any atom is -0.454 e. The summed E-state index contributed by atoms with van der Waals surface area (Å²) in [6.45, 7) is 1.95. The predicted octanol–water partition coefficient (Wildman–Crippen LogP) is 1.64. The highest BCUT2D eigenvalue weighted by molar-refractivity contribution is 5.57. The molecular formula is C18H15N3O4. The Hall–Kier alpha value is -3.40. The monoisotopic (exact) mass is 337 g/mol. The second kappa shape index (κ2) is 5.31. The highest BCUT2D eigenvalue weighted by atomic mass is 16.7. The van der Waals surface area contributed by atoms with Crippen molar-refractivity contribution >= 4 is 0 Å². The van der Waals surface area contributed by atoms with E-state index in [-0.39, 0.29) is 23.8 Å². The standard InChI is InChI=1S/C18H15N3O4/c1-9-5-14-16(18(22)21(9)2)15(11(7-19)17(20)25-14)10-3-4-12-13(6-10)24-8-23-12/h3-6,15H,8,20H2,1-2H3/t15-/m1/s1. The molecule has 0 saturated heterocycles. The number of aryl methyl sites for hydroxylation is 1. The zero-order chi connectivity index (χ0) is 17.7.